The van der Waals surface area contributed by atoms with Crippen molar-refractivity contribution < 1.29 is 9.47 Å². The number of fused-ring (bicyclic) bond motifs is 2. The Bertz CT molecular complexity index is 945. The number of hydrogen-bond acceptors (Lipinski definition) is 5. The van der Waals surface area contributed by atoms with Crippen LogP contribution in [-0.2, 0) is 6.42 Å². The van der Waals surface area contributed by atoms with Crippen molar-refractivity contribution in [3.63, 3.8) is 0 Å². The number of aryl methyl sites for hydroxylation is 1. The van der Waals surface area contributed by atoms with E-state index in [9.17, 15) is 0 Å². The van der Waals surface area contributed by atoms with Crippen molar-refractivity contribution in [2.24, 2.45) is 0 Å². The average Bonchev–Trinajstić information content (AvgIpc) is 2.65. The van der Waals surface area contributed by atoms with Crippen LogP contribution in [0.15, 0.2) is 36.4 Å². The molecule has 1 aromatic heterocycles. The highest BCUT2D eigenvalue weighted by Gasteiger charge is 2.22. The van der Waals surface area contributed by atoms with Crippen molar-refractivity contribution in [2.75, 3.05) is 25.7 Å². The number of benzene rings is 2. The number of rotatable bonds is 3. The Kier molecular flexibility index (Phi) is 4.09. The summed E-state index contributed by atoms with van der Waals surface area (Å²) in [7, 11) is 3.23. The number of aromatic nitrogens is 2. The number of nitrogens with zero attached hydrogens (tertiary/aromatic N) is 3. The molecule has 25 heavy (non-hydrogen) atoms. The van der Waals surface area contributed by atoms with Crippen LogP contribution in [0.2, 0.25) is 5.28 Å². The Labute approximate surface area is 151 Å². The summed E-state index contributed by atoms with van der Waals surface area (Å²) in [5, 5.41) is 1.11. The van der Waals surface area contributed by atoms with Gasteiger partial charge in [-0.2, -0.15) is 4.98 Å². The molecule has 0 saturated heterocycles. The summed E-state index contributed by atoms with van der Waals surface area (Å²) in [5.74, 6) is 2.06. The molecular weight excluding hydrogens is 338 g/mol. The Morgan fingerprint density at radius 3 is 2.60 bits per heavy atom. The Balaban J connectivity index is 1.96. The maximum atomic E-state index is 6.22. The van der Waals surface area contributed by atoms with Crippen LogP contribution in [0.3, 0.4) is 0 Å². The van der Waals surface area contributed by atoms with Crippen molar-refractivity contribution in [3.8, 4) is 11.5 Å². The predicted molar refractivity (Wildman–Crippen MR) is 99.4 cm³/mol. The summed E-state index contributed by atoms with van der Waals surface area (Å²) in [6, 6.07) is 12.2. The van der Waals surface area contributed by atoms with E-state index in [1.807, 2.05) is 18.2 Å². The fraction of sp³-hybridized carbons (Fsp3) is 0.263. The van der Waals surface area contributed by atoms with Crippen LogP contribution < -0.4 is 14.4 Å². The van der Waals surface area contributed by atoms with Crippen molar-refractivity contribution in [3.05, 3.63) is 47.2 Å². The third-order valence-electron chi connectivity index (χ3n) is 4.52. The fourth-order valence-electron chi connectivity index (χ4n) is 3.37. The molecule has 0 saturated carbocycles. The number of hydrogen-bond donors (Lipinski definition) is 0. The van der Waals surface area contributed by atoms with Gasteiger partial charge in [0.2, 0.25) is 5.28 Å². The molecule has 0 amide bonds. The predicted octanol–water partition coefficient (Wildman–Crippen LogP) is 4.38. The molecule has 1 aliphatic rings. The highest BCUT2D eigenvalue weighted by atomic mass is 35.5. The van der Waals surface area contributed by atoms with E-state index in [2.05, 4.69) is 33.1 Å². The van der Waals surface area contributed by atoms with Gasteiger partial charge >= 0.3 is 0 Å². The first-order valence-electron chi connectivity index (χ1n) is 8.16. The highest BCUT2D eigenvalue weighted by Crippen LogP contribution is 2.39. The third-order valence-corrected chi connectivity index (χ3v) is 4.69. The lowest BCUT2D eigenvalue weighted by atomic mass is 10.0. The number of anilines is 2. The lowest BCUT2D eigenvalue weighted by Gasteiger charge is -2.31. The van der Waals surface area contributed by atoms with Gasteiger partial charge in [-0.25, -0.2) is 4.98 Å². The first-order chi connectivity index (χ1) is 12.2. The van der Waals surface area contributed by atoms with E-state index >= 15 is 0 Å². The van der Waals surface area contributed by atoms with Crippen LogP contribution in [0, 0.1) is 0 Å². The second-order valence-electron chi connectivity index (χ2n) is 5.92. The van der Waals surface area contributed by atoms with Crippen molar-refractivity contribution in [1.29, 1.82) is 0 Å². The van der Waals surface area contributed by atoms with Gasteiger partial charge in [-0.05, 0) is 42.1 Å². The maximum Gasteiger partial charge on any atom is 0.224 e. The van der Waals surface area contributed by atoms with Gasteiger partial charge in [0.15, 0.2) is 11.5 Å². The second kappa shape index (κ2) is 6.41. The summed E-state index contributed by atoms with van der Waals surface area (Å²) in [5.41, 5.74) is 3.22. The Morgan fingerprint density at radius 1 is 1.04 bits per heavy atom. The van der Waals surface area contributed by atoms with E-state index < -0.39 is 0 Å². The average molecular weight is 356 g/mol. The van der Waals surface area contributed by atoms with Gasteiger partial charge in [0.05, 0.1) is 19.7 Å². The Morgan fingerprint density at radius 2 is 1.80 bits per heavy atom. The van der Waals surface area contributed by atoms with Gasteiger partial charge in [-0.1, -0.05) is 18.2 Å². The van der Waals surface area contributed by atoms with Gasteiger partial charge < -0.3 is 14.4 Å². The zero-order valence-corrected chi connectivity index (χ0v) is 14.9. The van der Waals surface area contributed by atoms with E-state index in [0.29, 0.717) is 11.5 Å². The Hall–Kier alpha value is -2.53. The molecule has 2 aromatic carbocycles. The molecule has 3 aromatic rings. The van der Waals surface area contributed by atoms with E-state index in [1.54, 1.807) is 14.2 Å². The van der Waals surface area contributed by atoms with Gasteiger partial charge in [-0.3, -0.25) is 0 Å². The molecule has 0 unspecified atom stereocenters. The molecule has 2 heterocycles. The molecule has 5 nitrogen and oxygen atoms in total. The normalized spacial score (nSPS) is 13.6. The van der Waals surface area contributed by atoms with E-state index in [1.165, 1.54) is 11.3 Å². The minimum absolute atomic E-state index is 0.220. The standard InChI is InChI=1S/C19H18ClN3O2/c1-24-16-10-13-14(11-17(16)25-2)21-19(20)22-18(13)23-9-5-7-12-6-3-4-8-15(12)23/h3-4,6,8,10-11H,5,7,9H2,1-2H3. The minimum Gasteiger partial charge on any atom is -0.493 e. The largest absolute Gasteiger partial charge is 0.493 e. The van der Waals surface area contributed by atoms with Gasteiger partial charge in [0, 0.05) is 23.7 Å². The topological polar surface area (TPSA) is 47.5 Å². The minimum atomic E-state index is 0.220. The van der Waals surface area contributed by atoms with Gasteiger partial charge in [-0.15, -0.1) is 0 Å². The summed E-state index contributed by atoms with van der Waals surface area (Å²) in [6.45, 7) is 0.883. The smallest absolute Gasteiger partial charge is 0.224 e. The van der Waals surface area contributed by atoms with Gasteiger partial charge in [0.1, 0.15) is 5.82 Å². The van der Waals surface area contributed by atoms with Crippen LogP contribution in [0.4, 0.5) is 11.5 Å². The van der Waals surface area contributed by atoms with Crippen molar-refractivity contribution in [1.82, 2.24) is 9.97 Å². The molecule has 0 radical (unpaired) electrons. The quantitative estimate of drug-likeness (QED) is 0.652. The van der Waals surface area contributed by atoms with Crippen molar-refractivity contribution >= 4 is 34.0 Å². The molecule has 0 spiro atoms. The van der Waals surface area contributed by atoms with Crippen LogP contribution in [0.5, 0.6) is 11.5 Å². The molecule has 0 N–H and O–H groups in total. The third kappa shape index (κ3) is 2.74. The molecule has 4 rings (SSSR count). The first kappa shape index (κ1) is 16.0. The van der Waals surface area contributed by atoms with E-state index in [4.69, 9.17) is 21.1 Å². The fourth-order valence-corrected chi connectivity index (χ4v) is 3.54. The SMILES string of the molecule is COc1cc2nc(Cl)nc(N3CCCc4ccccc43)c2cc1OC. The summed E-state index contributed by atoms with van der Waals surface area (Å²) >= 11 is 6.22. The van der Waals surface area contributed by atoms with E-state index in [-0.39, 0.29) is 5.28 Å². The van der Waals surface area contributed by atoms with E-state index in [0.717, 1.165) is 36.1 Å². The molecule has 0 bridgehead atoms. The molecule has 0 fully saturated rings. The highest BCUT2D eigenvalue weighted by molar-refractivity contribution is 6.29. The second-order valence-corrected chi connectivity index (χ2v) is 6.26. The zero-order valence-electron chi connectivity index (χ0n) is 14.1. The molecular formula is C19H18ClN3O2. The molecule has 0 aliphatic carbocycles. The molecule has 0 atom stereocenters. The summed E-state index contributed by atoms with van der Waals surface area (Å²) < 4.78 is 10.8. The zero-order chi connectivity index (χ0) is 17.4. The number of para-hydroxylation sites is 1. The maximum absolute atomic E-state index is 6.22. The van der Waals surface area contributed by atoms with Crippen LogP contribution in [-0.4, -0.2) is 30.7 Å². The summed E-state index contributed by atoms with van der Waals surface area (Å²) in [4.78, 5) is 11.1. The molecule has 1 aliphatic heterocycles. The lowest BCUT2D eigenvalue weighted by Crippen LogP contribution is -2.25. The molecule has 6 heteroatoms. The van der Waals surface area contributed by atoms with Crippen LogP contribution in [0.1, 0.15) is 12.0 Å². The number of halogens is 1. The van der Waals surface area contributed by atoms with Crippen LogP contribution in [0.25, 0.3) is 10.9 Å². The summed E-state index contributed by atoms with van der Waals surface area (Å²) in [6.07, 6.45) is 2.13. The van der Waals surface area contributed by atoms with Crippen molar-refractivity contribution in [2.45, 2.75) is 12.8 Å². The lowest BCUT2D eigenvalue weighted by molar-refractivity contribution is 0.356. The monoisotopic (exact) mass is 355 g/mol. The van der Waals surface area contributed by atoms with Gasteiger partial charge in [0.25, 0.3) is 0 Å². The molecule has 128 valence electrons. The number of ether oxygens (including phenoxy) is 2. The first-order valence-corrected chi connectivity index (χ1v) is 8.54. The number of methoxy groups -OCH3 is 2. The van der Waals surface area contributed by atoms with Crippen LogP contribution >= 0.6 is 11.6 Å².